The van der Waals surface area contributed by atoms with Crippen molar-refractivity contribution in [1.29, 1.82) is 0 Å². The first-order valence-corrected chi connectivity index (χ1v) is 7.06. The minimum atomic E-state index is -0.0465. The Morgan fingerprint density at radius 3 is 2.22 bits per heavy atom. The first-order valence-electron chi connectivity index (χ1n) is 5.80. The van der Waals surface area contributed by atoms with Gasteiger partial charge in [0.15, 0.2) is 0 Å². The summed E-state index contributed by atoms with van der Waals surface area (Å²) in [6.07, 6.45) is 0. The van der Waals surface area contributed by atoms with Gasteiger partial charge < -0.3 is 0 Å². The van der Waals surface area contributed by atoms with Crippen LogP contribution in [0.3, 0.4) is 0 Å². The molecule has 3 N–H and O–H groups in total. The monoisotopic (exact) mass is 280 g/mol. The van der Waals surface area contributed by atoms with Gasteiger partial charge >= 0.3 is 0 Å². The van der Waals surface area contributed by atoms with Crippen molar-refractivity contribution in [3.8, 4) is 0 Å². The SMILES string of the molecule is Cc1cc(C)cc(C(NN)c2scc(C)c2Cl)c1. The summed E-state index contributed by atoms with van der Waals surface area (Å²) in [6.45, 7) is 6.19. The molecule has 96 valence electrons. The van der Waals surface area contributed by atoms with Gasteiger partial charge in [-0.1, -0.05) is 40.9 Å². The zero-order valence-corrected chi connectivity index (χ0v) is 12.3. The van der Waals surface area contributed by atoms with Crippen molar-refractivity contribution < 1.29 is 0 Å². The fourth-order valence-corrected chi connectivity index (χ4v) is 3.53. The number of hydrogen-bond acceptors (Lipinski definition) is 3. The number of aryl methyl sites for hydroxylation is 3. The molecule has 1 atom stereocenters. The number of nitrogens with two attached hydrogens (primary N) is 1. The fraction of sp³-hybridized carbons (Fsp3) is 0.286. The smallest absolute Gasteiger partial charge is 0.0817 e. The lowest BCUT2D eigenvalue weighted by Gasteiger charge is -2.17. The van der Waals surface area contributed by atoms with Crippen LogP contribution in [0.5, 0.6) is 0 Å². The molecule has 18 heavy (non-hydrogen) atoms. The van der Waals surface area contributed by atoms with Gasteiger partial charge in [0.1, 0.15) is 0 Å². The van der Waals surface area contributed by atoms with Crippen molar-refractivity contribution in [3.63, 3.8) is 0 Å². The molecule has 0 aliphatic carbocycles. The second kappa shape index (κ2) is 5.41. The molecule has 0 fully saturated rings. The normalized spacial score (nSPS) is 12.7. The lowest BCUT2D eigenvalue weighted by atomic mass is 10.0. The lowest BCUT2D eigenvalue weighted by Crippen LogP contribution is -2.28. The molecule has 2 nitrogen and oxygen atoms in total. The molecule has 2 rings (SSSR count). The molecular formula is C14H17ClN2S. The average Bonchev–Trinajstić information content (AvgIpc) is 2.61. The van der Waals surface area contributed by atoms with E-state index in [1.807, 2.05) is 6.92 Å². The Hall–Kier alpha value is -0.870. The van der Waals surface area contributed by atoms with E-state index in [2.05, 4.69) is 42.9 Å². The molecule has 1 aromatic carbocycles. The predicted octanol–water partition coefficient (Wildman–Crippen LogP) is 3.88. The molecule has 0 radical (unpaired) electrons. The Morgan fingerprint density at radius 1 is 1.17 bits per heavy atom. The molecule has 0 bridgehead atoms. The van der Waals surface area contributed by atoms with E-state index < -0.39 is 0 Å². The van der Waals surface area contributed by atoms with Crippen LogP contribution in [-0.2, 0) is 0 Å². The molecule has 0 saturated heterocycles. The molecule has 0 spiro atoms. The summed E-state index contributed by atoms with van der Waals surface area (Å²) in [5, 5.41) is 2.87. The van der Waals surface area contributed by atoms with E-state index in [0.29, 0.717) is 0 Å². The first-order chi connectivity index (χ1) is 8.52. The standard InChI is InChI=1S/C14H17ClN2S/c1-8-4-9(2)6-11(5-8)13(17-16)14-12(15)10(3)7-18-14/h4-7,13,17H,16H2,1-3H3. The summed E-state index contributed by atoms with van der Waals surface area (Å²) >= 11 is 7.97. The minimum absolute atomic E-state index is 0.0465. The van der Waals surface area contributed by atoms with Crippen LogP contribution in [0.4, 0.5) is 0 Å². The Kier molecular flexibility index (Phi) is 4.07. The Labute approximate surface area is 117 Å². The number of hydrogen-bond donors (Lipinski definition) is 2. The Balaban J connectivity index is 2.48. The van der Waals surface area contributed by atoms with Crippen molar-refractivity contribution in [3.05, 3.63) is 55.7 Å². The van der Waals surface area contributed by atoms with Crippen molar-refractivity contribution in [1.82, 2.24) is 5.43 Å². The molecule has 0 amide bonds. The maximum atomic E-state index is 6.33. The second-order valence-electron chi connectivity index (χ2n) is 4.62. The number of nitrogens with one attached hydrogen (secondary N) is 1. The van der Waals surface area contributed by atoms with Gasteiger partial charge in [0.2, 0.25) is 0 Å². The van der Waals surface area contributed by atoms with Gasteiger partial charge in [-0.05, 0) is 37.3 Å². The fourth-order valence-electron chi connectivity index (χ4n) is 2.14. The summed E-state index contributed by atoms with van der Waals surface area (Å²) in [7, 11) is 0. The van der Waals surface area contributed by atoms with E-state index in [4.69, 9.17) is 17.4 Å². The number of benzene rings is 1. The molecule has 1 unspecified atom stereocenters. The number of hydrazine groups is 1. The van der Waals surface area contributed by atoms with Gasteiger partial charge in [-0.15, -0.1) is 11.3 Å². The van der Waals surface area contributed by atoms with Crippen molar-refractivity contribution in [2.24, 2.45) is 5.84 Å². The first kappa shape index (κ1) is 13.6. The molecular weight excluding hydrogens is 264 g/mol. The van der Waals surface area contributed by atoms with Gasteiger partial charge in [0, 0.05) is 4.88 Å². The van der Waals surface area contributed by atoms with Gasteiger partial charge in [0.05, 0.1) is 11.1 Å². The zero-order valence-electron chi connectivity index (χ0n) is 10.8. The van der Waals surface area contributed by atoms with Crippen molar-refractivity contribution in [2.75, 3.05) is 0 Å². The summed E-state index contributed by atoms with van der Waals surface area (Å²) in [4.78, 5) is 1.07. The minimum Gasteiger partial charge on any atom is -0.271 e. The molecule has 2 aromatic rings. The van der Waals surface area contributed by atoms with Gasteiger partial charge in [-0.25, -0.2) is 5.43 Å². The lowest BCUT2D eigenvalue weighted by molar-refractivity contribution is 0.645. The van der Waals surface area contributed by atoms with E-state index in [1.165, 1.54) is 11.1 Å². The van der Waals surface area contributed by atoms with E-state index in [1.54, 1.807) is 11.3 Å². The van der Waals surface area contributed by atoms with Crippen LogP contribution < -0.4 is 11.3 Å². The van der Waals surface area contributed by atoms with Crippen LogP contribution in [0.1, 0.15) is 33.2 Å². The molecule has 1 heterocycles. The molecule has 1 aromatic heterocycles. The van der Waals surface area contributed by atoms with Crippen LogP contribution >= 0.6 is 22.9 Å². The van der Waals surface area contributed by atoms with Crippen molar-refractivity contribution in [2.45, 2.75) is 26.8 Å². The predicted molar refractivity (Wildman–Crippen MR) is 79.1 cm³/mol. The summed E-state index contributed by atoms with van der Waals surface area (Å²) < 4.78 is 0. The largest absolute Gasteiger partial charge is 0.271 e. The summed E-state index contributed by atoms with van der Waals surface area (Å²) in [5.41, 5.74) is 7.58. The molecule has 0 aliphatic rings. The highest BCUT2D eigenvalue weighted by atomic mass is 35.5. The number of thiophene rings is 1. The van der Waals surface area contributed by atoms with Crippen LogP contribution in [0.15, 0.2) is 23.6 Å². The van der Waals surface area contributed by atoms with Crippen LogP contribution in [0.2, 0.25) is 5.02 Å². The highest BCUT2D eigenvalue weighted by molar-refractivity contribution is 7.10. The molecule has 0 aliphatic heterocycles. The van der Waals surface area contributed by atoms with Gasteiger partial charge in [-0.2, -0.15) is 0 Å². The average molecular weight is 281 g/mol. The maximum absolute atomic E-state index is 6.33. The van der Waals surface area contributed by atoms with Gasteiger partial charge in [-0.3, -0.25) is 5.84 Å². The quantitative estimate of drug-likeness (QED) is 0.661. The second-order valence-corrected chi connectivity index (χ2v) is 5.91. The van der Waals surface area contributed by atoms with Gasteiger partial charge in [0.25, 0.3) is 0 Å². The van der Waals surface area contributed by atoms with E-state index >= 15 is 0 Å². The highest BCUT2D eigenvalue weighted by Gasteiger charge is 2.19. The Morgan fingerprint density at radius 2 is 1.78 bits per heavy atom. The summed E-state index contributed by atoms with van der Waals surface area (Å²) in [5.74, 6) is 5.71. The third kappa shape index (κ3) is 2.59. The number of halogens is 1. The maximum Gasteiger partial charge on any atom is 0.0817 e. The molecule has 4 heteroatoms. The summed E-state index contributed by atoms with van der Waals surface area (Å²) in [6, 6.07) is 6.39. The van der Waals surface area contributed by atoms with Crippen LogP contribution in [0.25, 0.3) is 0 Å². The number of rotatable bonds is 3. The van der Waals surface area contributed by atoms with Crippen LogP contribution in [0, 0.1) is 20.8 Å². The highest BCUT2D eigenvalue weighted by Crippen LogP contribution is 2.35. The van der Waals surface area contributed by atoms with E-state index in [9.17, 15) is 0 Å². The van der Waals surface area contributed by atoms with Crippen molar-refractivity contribution >= 4 is 22.9 Å². The van der Waals surface area contributed by atoms with E-state index in [0.717, 1.165) is 21.0 Å². The third-order valence-electron chi connectivity index (χ3n) is 2.93. The Bertz CT molecular complexity index is 543. The zero-order chi connectivity index (χ0) is 13.3. The third-order valence-corrected chi connectivity index (χ3v) is 4.71. The van der Waals surface area contributed by atoms with Crippen LogP contribution in [-0.4, -0.2) is 0 Å². The molecule has 0 saturated carbocycles. The van der Waals surface area contributed by atoms with E-state index in [-0.39, 0.29) is 6.04 Å². The topological polar surface area (TPSA) is 38.0 Å².